The van der Waals surface area contributed by atoms with Crippen LogP contribution in [0.5, 0.6) is 5.75 Å². The minimum atomic E-state index is -0.143. The summed E-state index contributed by atoms with van der Waals surface area (Å²) in [7, 11) is 1.53. The predicted octanol–water partition coefficient (Wildman–Crippen LogP) is 2.49. The van der Waals surface area contributed by atoms with Gasteiger partial charge in [-0.15, -0.1) is 0 Å². The average molecular weight is 207 g/mol. The lowest BCUT2D eigenvalue weighted by molar-refractivity contribution is 0.281. The van der Waals surface area contributed by atoms with Crippen molar-refractivity contribution in [2.75, 3.05) is 7.11 Å². The Morgan fingerprint density at radius 2 is 2.08 bits per heavy atom. The highest BCUT2D eigenvalue weighted by Gasteiger charge is 2.06. The van der Waals surface area contributed by atoms with Crippen LogP contribution >= 0.6 is 23.2 Å². The molecule has 0 heterocycles. The first-order chi connectivity index (χ1) is 5.69. The van der Waals surface area contributed by atoms with Crippen molar-refractivity contribution in [1.82, 2.24) is 0 Å². The van der Waals surface area contributed by atoms with Gasteiger partial charge in [0, 0.05) is 11.6 Å². The molecule has 0 spiro atoms. The van der Waals surface area contributed by atoms with Gasteiger partial charge >= 0.3 is 0 Å². The van der Waals surface area contributed by atoms with Crippen molar-refractivity contribution in [3.05, 3.63) is 27.7 Å². The van der Waals surface area contributed by atoms with Crippen LogP contribution < -0.4 is 4.74 Å². The summed E-state index contributed by atoms with van der Waals surface area (Å²) in [6.07, 6.45) is 0. The molecule has 4 heteroatoms. The minimum absolute atomic E-state index is 0.143. The van der Waals surface area contributed by atoms with E-state index in [1.54, 1.807) is 12.1 Å². The van der Waals surface area contributed by atoms with E-state index in [9.17, 15) is 0 Å². The summed E-state index contributed by atoms with van der Waals surface area (Å²) in [5.41, 5.74) is 0.570. The summed E-state index contributed by atoms with van der Waals surface area (Å²) in [5.74, 6) is 0.591. The SMILES string of the molecule is COc1cc(Cl)c(Cl)c(CO)c1. The zero-order valence-electron chi connectivity index (χ0n) is 6.47. The van der Waals surface area contributed by atoms with Crippen LogP contribution in [0.15, 0.2) is 12.1 Å². The second kappa shape index (κ2) is 3.99. The van der Waals surface area contributed by atoms with Crippen molar-refractivity contribution < 1.29 is 9.84 Å². The molecule has 0 atom stereocenters. The van der Waals surface area contributed by atoms with Crippen LogP contribution in [-0.4, -0.2) is 12.2 Å². The summed E-state index contributed by atoms with van der Waals surface area (Å²) in [6.45, 7) is -0.143. The first kappa shape index (κ1) is 9.65. The van der Waals surface area contributed by atoms with Crippen molar-refractivity contribution in [3.63, 3.8) is 0 Å². The quantitative estimate of drug-likeness (QED) is 0.807. The lowest BCUT2D eigenvalue weighted by Crippen LogP contribution is -1.89. The van der Waals surface area contributed by atoms with Crippen molar-refractivity contribution in [2.45, 2.75) is 6.61 Å². The van der Waals surface area contributed by atoms with Crippen LogP contribution in [0, 0.1) is 0 Å². The maximum Gasteiger partial charge on any atom is 0.120 e. The Kier molecular flexibility index (Phi) is 3.20. The van der Waals surface area contributed by atoms with Crippen LogP contribution in [0.3, 0.4) is 0 Å². The van der Waals surface area contributed by atoms with E-state index in [1.807, 2.05) is 0 Å². The molecule has 1 rings (SSSR count). The van der Waals surface area contributed by atoms with Gasteiger partial charge in [-0.05, 0) is 6.07 Å². The number of aliphatic hydroxyl groups excluding tert-OH is 1. The van der Waals surface area contributed by atoms with Gasteiger partial charge in [0.05, 0.1) is 23.8 Å². The highest BCUT2D eigenvalue weighted by molar-refractivity contribution is 6.42. The van der Waals surface area contributed by atoms with Crippen molar-refractivity contribution in [2.24, 2.45) is 0 Å². The monoisotopic (exact) mass is 206 g/mol. The highest BCUT2D eigenvalue weighted by atomic mass is 35.5. The van der Waals surface area contributed by atoms with Crippen LogP contribution in [0.2, 0.25) is 10.0 Å². The molecule has 0 amide bonds. The van der Waals surface area contributed by atoms with Crippen LogP contribution in [0.25, 0.3) is 0 Å². The van der Waals surface area contributed by atoms with E-state index in [0.717, 1.165) is 0 Å². The fourth-order valence-electron chi connectivity index (χ4n) is 0.851. The zero-order valence-corrected chi connectivity index (χ0v) is 7.99. The van der Waals surface area contributed by atoms with E-state index < -0.39 is 0 Å². The molecule has 0 fully saturated rings. The van der Waals surface area contributed by atoms with Gasteiger partial charge in [0.2, 0.25) is 0 Å². The van der Waals surface area contributed by atoms with Crippen LogP contribution in [0.1, 0.15) is 5.56 Å². The molecule has 66 valence electrons. The molecule has 0 saturated carbocycles. The molecule has 2 nitrogen and oxygen atoms in total. The Bertz CT molecular complexity index is 287. The van der Waals surface area contributed by atoms with Crippen LogP contribution in [0.4, 0.5) is 0 Å². The summed E-state index contributed by atoms with van der Waals surface area (Å²) < 4.78 is 4.94. The van der Waals surface area contributed by atoms with E-state index in [1.165, 1.54) is 7.11 Å². The summed E-state index contributed by atoms with van der Waals surface area (Å²) in [6, 6.07) is 3.25. The number of ether oxygens (including phenoxy) is 1. The molecule has 1 aromatic rings. The number of benzene rings is 1. The number of methoxy groups -OCH3 is 1. The molecule has 1 N–H and O–H groups in total. The van der Waals surface area contributed by atoms with Crippen LogP contribution in [-0.2, 0) is 6.61 Å². The molecular weight excluding hydrogens is 199 g/mol. The Morgan fingerprint density at radius 1 is 1.42 bits per heavy atom. The number of halogens is 2. The van der Waals surface area contributed by atoms with E-state index in [4.69, 9.17) is 33.0 Å². The Hall–Kier alpha value is -0.440. The van der Waals surface area contributed by atoms with E-state index >= 15 is 0 Å². The molecule has 0 radical (unpaired) electrons. The van der Waals surface area contributed by atoms with Crippen molar-refractivity contribution >= 4 is 23.2 Å². The Labute approximate surface area is 80.7 Å². The molecular formula is C8H8Cl2O2. The fourth-order valence-corrected chi connectivity index (χ4v) is 1.25. The third-order valence-corrected chi connectivity index (χ3v) is 2.32. The molecule has 0 saturated heterocycles. The lowest BCUT2D eigenvalue weighted by atomic mass is 10.2. The standard InChI is InChI=1S/C8H8Cl2O2/c1-12-6-2-5(4-11)8(10)7(9)3-6/h2-3,11H,4H2,1H3. The third kappa shape index (κ3) is 1.83. The number of rotatable bonds is 2. The first-order valence-electron chi connectivity index (χ1n) is 3.31. The molecule has 0 unspecified atom stereocenters. The zero-order chi connectivity index (χ0) is 9.14. The normalized spacial score (nSPS) is 10.0. The van der Waals surface area contributed by atoms with Gasteiger partial charge in [0.15, 0.2) is 0 Å². The lowest BCUT2D eigenvalue weighted by Gasteiger charge is -2.06. The number of aliphatic hydroxyl groups is 1. The molecule has 0 aliphatic carbocycles. The Balaban J connectivity index is 3.19. The second-order valence-corrected chi connectivity index (χ2v) is 3.03. The molecule has 0 aliphatic heterocycles. The molecule has 12 heavy (non-hydrogen) atoms. The van der Waals surface area contributed by atoms with Gasteiger partial charge in [0.1, 0.15) is 5.75 Å². The van der Waals surface area contributed by atoms with Crippen molar-refractivity contribution in [3.8, 4) is 5.75 Å². The molecule has 1 aromatic carbocycles. The second-order valence-electron chi connectivity index (χ2n) is 2.24. The van der Waals surface area contributed by atoms with Gasteiger partial charge in [-0.25, -0.2) is 0 Å². The summed E-state index contributed by atoms with van der Waals surface area (Å²) >= 11 is 11.5. The average Bonchev–Trinajstić information content (AvgIpc) is 2.09. The summed E-state index contributed by atoms with van der Waals surface area (Å²) in [5, 5.41) is 9.63. The fraction of sp³-hybridized carbons (Fsp3) is 0.250. The summed E-state index contributed by atoms with van der Waals surface area (Å²) in [4.78, 5) is 0. The minimum Gasteiger partial charge on any atom is -0.497 e. The van der Waals surface area contributed by atoms with E-state index in [0.29, 0.717) is 21.4 Å². The number of hydrogen-bond acceptors (Lipinski definition) is 2. The smallest absolute Gasteiger partial charge is 0.120 e. The van der Waals surface area contributed by atoms with E-state index in [2.05, 4.69) is 0 Å². The maximum absolute atomic E-state index is 8.86. The highest BCUT2D eigenvalue weighted by Crippen LogP contribution is 2.30. The topological polar surface area (TPSA) is 29.5 Å². The van der Waals surface area contributed by atoms with Gasteiger partial charge in [-0.2, -0.15) is 0 Å². The first-order valence-corrected chi connectivity index (χ1v) is 4.07. The Morgan fingerprint density at radius 3 is 2.58 bits per heavy atom. The predicted molar refractivity (Wildman–Crippen MR) is 48.9 cm³/mol. The van der Waals surface area contributed by atoms with E-state index in [-0.39, 0.29) is 6.61 Å². The number of hydrogen-bond donors (Lipinski definition) is 1. The molecule has 0 aromatic heterocycles. The van der Waals surface area contributed by atoms with Gasteiger partial charge < -0.3 is 9.84 Å². The largest absolute Gasteiger partial charge is 0.497 e. The maximum atomic E-state index is 8.86. The van der Waals surface area contributed by atoms with Gasteiger partial charge in [-0.1, -0.05) is 23.2 Å². The third-order valence-electron chi connectivity index (χ3n) is 1.48. The molecule has 0 aliphatic rings. The van der Waals surface area contributed by atoms with Gasteiger partial charge in [-0.3, -0.25) is 0 Å². The molecule has 0 bridgehead atoms. The van der Waals surface area contributed by atoms with Crippen molar-refractivity contribution in [1.29, 1.82) is 0 Å². The van der Waals surface area contributed by atoms with Gasteiger partial charge in [0.25, 0.3) is 0 Å².